The lowest BCUT2D eigenvalue weighted by Gasteiger charge is -2.15. The fraction of sp³-hybridized carbons (Fsp3) is 0.353. The second-order valence-electron chi connectivity index (χ2n) is 5.46. The number of pyridine rings is 1. The molecule has 0 spiro atoms. The van der Waals surface area contributed by atoms with Crippen molar-refractivity contribution in [3.63, 3.8) is 0 Å². The van der Waals surface area contributed by atoms with E-state index in [4.69, 9.17) is 4.98 Å². The molecule has 98 valence electrons. The van der Waals surface area contributed by atoms with Gasteiger partial charge in [0.05, 0.1) is 5.69 Å². The summed E-state index contributed by atoms with van der Waals surface area (Å²) in [4.78, 5) is 4.70. The zero-order valence-corrected chi connectivity index (χ0v) is 11.5. The molecular weight excluding hydrogens is 234 g/mol. The van der Waals surface area contributed by atoms with E-state index in [0.29, 0.717) is 0 Å². The zero-order chi connectivity index (χ0) is 13.4. The summed E-state index contributed by atoms with van der Waals surface area (Å²) < 4.78 is 0. The minimum atomic E-state index is -0.619. The standard InChI is InChI=1S/C17H19NO/c1-11-6-8-13(9-7-11)17(19)16-12(2)10-14-4-3-5-15(14)18-16/h6-10,17,19H,3-5H2,1-2H3/t17-/m1/s1. The Morgan fingerprint density at radius 2 is 1.84 bits per heavy atom. The topological polar surface area (TPSA) is 33.1 Å². The molecule has 1 aliphatic rings. The van der Waals surface area contributed by atoms with Crippen LogP contribution in [-0.4, -0.2) is 10.1 Å². The van der Waals surface area contributed by atoms with Crippen LogP contribution in [0.25, 0.3) is 0 Å². The number of aliphatic hydroxyl groups is 1. The molecule has 0 unspecified atom stereocenters. The Morgan fingerprint density at radius 3 is 2.58 bits per heavy atom. The minimum absolute atomic E-state index is 0.619. The summed E-state index contributed by atoms with van der Waals surface area (Å²) in [5, 5.41) is 10.5. The Balaban J connectivity index is 1.99. The fourth-order valence-corrected chi connectivity index (χ4v) is 2.79. The van der Waals surface area contributed by atoms with Crippen LogP contribution in [-0.2, 0) is 12.8 Å². The Labute approximate surface area is 114 Å². The van der Waals surface area contributed by atoms with E-state index in [1.54, 1.807) is 0 Å². The molecule has 1 aromatic carbocycles. The molecule has 2 aromatic rings. The number of nitrogens with zero attached hydrogens (tertiary/aromatic N) is 1. The third-order valence-electron chi connectivity index (χ3n) is 3.93. The van der Waals surface area contributed by atoms with Gasteiger partial charge < -0.3 is 5.11 Å². The first-order valence-electron chi connectivity index (χ1n) is 6.89. The van der Waals surface area contributed by atoms with Crippen molar-refractivity contribution >= 4 is 0 Å². The molecule has 1 N–H and O–H groups in total. The molecule has 0 aliphatic heterocycles. The van der Waals surface area contributed by atoms with E-state index in [1.807, 2.05) is 31.2 Å². The number of aromatic nitrogens is 1. The number of rotatable bonds is 2. The van der Waals surface area contributed by atoms with Crippen molar-refractivity contribution < 1.29 is 5.11 Å². The third kappa shape index (κ3) is 2.28. The summed E-state index contributed by atoms with van der Waals surface area (Å²) >= 11 is 0. The molecule has 19 heavy (non-hydrogen) atoms. The maximum absolute atomic E-state index is 10.5. The molecule has 0 amide bonds. The van der Waals surface area contributed by atoms with Gasteiger partial charge in [-0.15, -0.1) is 0 Å². The highest BCUT2D eigenvalue weighted by Gasteiger charge is 2.19. The third-order valence-corrected chi connectivity index (χ3v) is 3.93. The van der Waals surface area contributed by atoms with Crippen LogP contribution in [0.2, 0.25) is 0 Å². The van der Waals surface area contributed by atoms with E-state index in [2.05, 4.69) is 13.0 Å². The first kappa shape index (κ1) is 12.4. The van der Waals surface area contributed by atoms with Crippen molar-refractivity contribution in [2.24, 2.45) is 0 Å². The van der Waals surface area contributed by atoms with Gasteiger partial charge >= 0.3 is 0 Å². The minimum Gasteiger partial charge on any atom is -0.382 e. The van der Waals surface area contributed by atoms with Crippen molar-refractivity contribution in [2.45, 2.75) is 39.2 Å². The Hall–Kier alpha value is -1.67. The summed E-state index contributed by atoms with van der Waals surface area (Å²) in [5.41, 5.74) is 6.55. The van der Waals surface area contributed by atoms with Crippen LogP contribution in [0.4, 0.5) is 0 Å². The number of benzene rings is 1. The van der Waals surface area contributed by atoms with Gasteiger partial charge in [-0.05, 0) is 49.8 Å². The summed E-state index contributed by atoms with van der Waals surface area (Å²) in [7, 11) is 0. The highest BCUT2D eigenvalue weighted by atomic mass is 16.3. The van der Waals surface area contributed by atoms with E-state index in [0.717, 1.165) is 29.7 Å². The van der Waals surface area contributed by atoms with Gasteiger partial charge in [0.2, 0.25) is 0 Å². The van der Waals surface area contributed by atoms with Gasteiger partial charge in [-0.2, -0.15) is 0 Å². The van der Waals surface area contributed by atoms with Gasteiger partial charge in [0.1, 0.15) is 6.10 Å². The predicted octanol–water partition coefficient (Wildman–Crippen LogP) is 3.27. The molecule has 1 aromatic heterocycles. The van der Waals surface area contributed by atoms with Gasteiger partial charge in [-0.1, -0.05) is 35.9 Å². The molecule has 1 heterocycles. The number of aryl methyl sites for hydroxylation is 4. The van der Waals surface area contributed by atoms with Gasteiger partial charge in [0.15, 0.2) is 0 Å². The monoisotopic (exact) mass is 253 g/mol. The first-order chi connectivity index (χ1) is 9.15. The second kappa shape index (κ2) is 4.78. The average molecular weight is 253 g/mol. The van der Waals surface area contributed by atoms with Crippen LogP contribution in [0.1, 0.15) is 46.2 Å². The normalized spacial score (nSPS) is 15.3. The van der Waals surface area contributed by atoms with Crippen LogP contribution in [0.3, 0.4) is 0 Å². The molecule has 0 fully saturated rings. The molecule has 2 nitrogen and oxygen atoms in total. The molecule has 0 radical (unpaired) electrons. The predicted molar refractivity (Wildman–Crippen MR) is 76.2 cm³/mol. The lowest BCUT2D eigenvalue weighted by molar-refractivity contribution is 0.214. The van der Waals surface area contributed by atoms with Crippen LogP contribution < -0.4 is 0 Å². The molecular formula is C17H19NO. The molecule has 0 saturated heterocycles. The summed E-state index contributed by atoms with van der Waals surface area (Å²) in [6, 6.07) is 10.2. The molecule has 2 heteroatoms. The van der Waals surface area contributed by atoms with Crippen LogP contribution in [0.15, 0.2) is 30.3 Å². The maximum atomic E-state index is 10.5. The number of hydrogen-bond acceptors (Lipinski definition) is 2. The summed E-state index contributed by atoms with van der Waals surface area (Å²) in [6.07, 6.45) is 2.74. The molecule has 3 rings (SSSR count). The molecule has 1 aliphatic carbocycles. The van der Waals surface area contributed by atoms with E-state index < -0.39 is 6.10 Å². The highest BCUT2D eigenvalue weighted by Crippen LogP contribution is 2.28. The van der Waals surface area contributed by atoms with Crippen LogP contribution in [0.5, 0.6) is 0 Å². The molecule has 0 bridgehead atoms. The second-order valence-corrected chi connectivity index (χ2v) is 5.46. The van der Waals surface area contributed by atoms with Crippen molar-refractivity contribution in [1.82, 2.24) is 4.98 Å². The fourth-order valence-electron chi connectivity index (χ4n) is 2.79. The van der Waals surface area contributed by atoms with Gasteiger partial charge in [-0.25, -0.2) is 0 Å². The Morgan fingerprint density at radius 1 is 1.11 bits per heavy atom. The Bertz CT molecular complexity index is 601. The quantitative estimate of drug-likeness (QED) is 0.891. The van der Waals surface area contributed by atoms with E-state index >= 15 is 0 Å². The van der Waals surface area contributed by atoms with E-state index in [1.165, 1.54) is 23.2 Å². The van der Waals surface area contributed by atoms with Crippen molar-refractivity contribution in [1.29, 1.82) is 0 Å². The average Bonchev–Trinajstić information content (AvgIpc) is 2.85. The number of fused-ring (bicyclic) bond motifs is 1. The van der Waals surface area contributed by atoms with Crippen LogP contribution >= 0.6 is 0 Å². The SMILES string of the molecule is Cc1ccc([C@@H](O)c2nc3c(cc2C)CCC3)cc1. The van der Waals surface area contributed by atoms with Crippen molar-refractivity contribution in [3.05, 3.63) is 64.0 Å². The zero-order valence-electron chi connectivity index (χ0n) is 11.5. The highest BCUT2D eigenvalue weighted by molar-refractivity contribution is 5.37. The van der Waals surface area contributed by atoms with Crippen LogP contribution in [0, 0.1) is 13.8 Å². The van der Waals surface area contributed by atoms with Gasteiger partial charge in [0, 0.05) is 5.69 Å². The number of hydrogen-bond donors (Lipinski definition) is 1. The largest absolute Gasteiger partial charge is 0.382 e. The van der Waals surface area contributed by atoms with Gasteiger partial charge in [0.25, 0.3) is 0 Å². The van der Waals surface area contributed by atoms with Gasteiger partial charge in [-0.3, -0.25) is 4.98 Å². The lowest BCUT2D eigenvalue weighted by Crippen LogP contribution is -2.07. The lowest BCUT2D eigenvalue weighted by atomic mass is 10.00. The molecule has 1 atom stereocenters. The van der Waals surface area contributed by atoms with Crippen molar-refractivity contribution in [3.8, 4) is 0 Å². The summed E-state index contributed by atoms with van der Waals surface area (Å²) in [5.74, 6) is 0. The number of aliphatic hydroxyl groups excluding tert-OH is 1. The molecule has 0 saturated carbocycles. The van der Waals surface area contributed by atoms with E-state index in [9.17, 15) is 5.11 Å². The Kier molecular flexibility index (Phi) is 3.11. The summed E-state index contributed by atoms with van der Waals surface area (Å²) in [6.45, 7) is 4.09. The van der Waals surface area contributed by atoms with Crippen molar-refractivity contribution in [2.75, 3.05) is 0 Å². The maximum Gasteiger partial charge on any atom is 0.121 e. The first-order valence-corrected chi connectivity index (χ1v) is 6.89. The van der Waals surface area contributed by atoms with E-state index in [-0.39, 0.29) is 0 Å². The smallest absolute Gasteiger partial charge is 0.121 e.